The van der Waals surface area contributed by atoms with Crippen molar-refractivity contribution in [3.8, 4) is 11.5 Å². The lowest BCUT2D eigenvalue weighted by molar-refractivity contribution is 0.174. The fraction of sp³-hybridized carbons (Fsp3) is 0.182. The Kier molecular flexibility index (Phi) is 5.70. The Hall–Kier alpha value is -2.78. The maximum Gasteiger partial charge on any atom is 0.163 e. The first-order valence-corrected chi connectivity index (χ1v) is 8.50. The summed E-state index contributed by atoms with van der Waals surface area (Å²) in [6.45, 7) is 2.64. The van der Waals surface area contributed by atoms with Gasteiger partial charge in [0.25, 0.3) is 0 Å². The Balaban J connectivity index is 0.000000213. The lowest BCUT2D eigenvalue weighted by Gasteiger charge is -2.17. The molecule has 2 bridgehead atoms. The molecule has 0 aromatic heterocycles. The van der Waals surface area contributed by atoms with E-state index in [1.165, 1.54) is 23.1 Å². The number of phenolic OH excluding ortho intramolecular Hbond substituents is 1. The molecule has 0 spiro atoms. The second-order valence-corrected chi connectivity index (χ2v) is 6.09. The molecule has 0 saturated heterocycles. The molecule has 2 aliphatic rings. The predicted octanol–water partition coefficient (Wildman–Crippen LogP) is 4.72. The number of ether oxygens (including phenoxy) is 1. The van der Waals surface area contributed by atoms with Gasteiger partial charge in [-0.1, -0.05) is 66.8 Å². The highest BCUT2D eigenvalue weighted by atomic mass is 16.5. The highest BCUT2D eigenvalue weighted by molar-refractivity contribution is 5.49. The Bertz CT molecular complexity index is 771. The van der Waals surface area contributed by atoms with Gasteiger partial charge >= 0.3 is 0 Å². The molecule has 4 rings (SSSR count). The predicted molar refractivity (Wildman–Crippen MR) is 101 cm³/mol. The second kappa shape index (κ2) is 8.36. The van der Waals surface area contributed by atoms with Gasteiger partial charge in [-0.15, -0.1) is 0 Å². The van der Waals surface area contributed by atoms with Gasteiger partial charge in [0.15, 0.2) is 11.5 Å². The third-order valence-electron chi connectivity index (χ3n) is 4.04. The number of hydrogen-bond donors (Lipinski definition) is 2. The molecule has 2 N–H and O–H groups in total. The monoisotopic (exact) mass is 333 g/mol. The zero-order valence-corrected chi connectivity index (χ0v) is 14.4. The van der Waals surface area contributed by atoms with Crippen molar-refractivity contribution in [2.75, 3.05) is 0 Å². The molecular weight excluding hydrogens is 310 g/mol. The van der Waals surface area contributed by atoms with Crippen molar-refractivity contribution in [3.05, 3.63) is 95.6 Å². The maximum absolute atomic E-state index is 9.59. The molecule has 25 heavy (non-hydrogen) atoms. The summed E-state index contributed by atoms with van der Waals surface area (Å²) in [7, 11) is 0. The smallest absolute Gasteiger partial charge is 0.163 e. The minimum Gasteiger partial charge on any atom is -0.504 e. The molecule has 0 amide bonds. The van der Waals surface area contributed by atoms with Crippen LogP contribution in [0.15, 0.2) is 90.0 Å². The Labute approximate surface area is 149 Å². The Morgan fingerprint density at radius 2 is 1.60 bits per heavy atom. The molecule has 2 aromatic rings. The van der Waals surface area contributed by atoms with Crippen molar-refractivity contribution in [1.82, 2.24) is 5.32 Å². The first-order valence-electron chi connectivity index (χ1n) is 8.50. The van der Waals surface area contributed by atoms with Gasteiger partial charge in [0.05, 0.1) is 0 Å². The first kappa shape index (κ1) is 17.1. The number of hydrogen-bond acceptors (Lipinski definition) is 3. The van der Waals surface area contributed by atoms with Crippen LogP contribution in [0.4, 0.5) is 0 Å². The van der Waals surface area contributed by atoms with Gasteiger partial charge < -0.3 is 9.84 Å². The molecule has 0 radical (unpaired) electrons. The van der Waals surface area contributed by atoms with E-state index in [-0.39, 0.29) is 12.0 Å². The van der Waals surface area contributed by atoms with E-state index in [2.05, 4.69) is 41.8 Å². The number of phenols is 1. The summed E-state index contributed by atoms with van der Waals surface area (Å²) >= 11 is 0. The molecule has 0 heterocycles. The number of aromatic hydroxyl groups is 1. The number of fused-ring (bicyclic) bond motifs is 2. The van der Waals surface area contributed by atoms with Crippen LogP contribution >= 0.6 is 0 Å². The highest BCUT2D eigenvalue weighted by Crippen LogP contribution is 2.27. The number of para-hydroxylation sites is 2. The van der Waals surface area contributed by atoms with Crippen LogP contribution in [0.3, 0.4) is 0 Å². The fourth-order valence-corrected chi connectivity index (χ4v) is 2.66. The number of benzene rings is 2. The molecule has 3 nitrogen and oxygen atoms in total. The number of rotatable bonds is 5. The van der Waals surface area contributed by atoms with Gasteiger partial charge in [0.2, 0.25) is 0 Å². The lowest BCUT2D eigenvalue weighted by atomic mass is 10.2. The van der Waals surface area contributed by atoms with Crippen LogP contribution in [0, 0.1) is 0 Å². The molecule has 1 atom stereocenters. The minimum atomic E-state index is -0.168. The van der Waals surface area contributed by atoms with E-state index >= 15 is 0 Å². The van der Waals surface area contributed by atoms with E-state index < -0.39 is 0 Å². The van der Waals surface area contributed by atoms with Crippen molar-refractivity contribution in [2.24, 2.45) is 0 Å². The van der Waals surface area contributed by atoms with Crippen LogP contribution in [-0.4, -0.2) is 11.3 Å². The summed E-state index contributed by atoms with van der Waals surface area (Å²) in [6, 6.07) is 17.1. The normalized spacial score (nSPS) is 15.1. The topological polar surface area (TPSA) is 41.5 Å². The third-order valence-corrected chi connectivity index (χ3v) is 4.04. The quantitative estimate of drug-likeness (QED) is 0.778. The zero-order valence-electron chi connectivity index (χ0n) is 14.4. The molecule has 3 heteroatoms. The molecule has 2 aliphatic carbocycles. The van der Waals surface area contributed by atoms with Crippen molar-refractivity contribution in [1.29, 1.82) is 0 Å². The average Bonchev–Trinajstić information content (AvgIpc) is 3.29. The SMILES string of the molecule is C1=CC2=CC=C1C2.CC(NCc1ccccc1)Oc1ccccc1O. The third kappa shape index (κ3) is 5.10. The molecule has 0 saturated carbocycles. The van der Waals surface area contributed by atoms with E-state index in [1.54, 1.807) is 18.2 Å². The van der Waals surface area contributed by atoms with Gasteiger partial charge in [-0.25, -0.2) is 0 Å². The maximum atomic E-state index is 9.59. The van der Waals surface area contributed by atoms with E-state index in [9.17, 15) is 5.11 Å². The van der Waals surface area contributed by atoms with E-state index in [0.717, 1.165) is 6.54 Å². The summed E-state index contributed by atoms with van der Waals surface area (Å²) in [4.78, 5) is 0. The molecule has 1 unspecified atom stereocenters. The van der Waals surface area contributed by atoms with Crippen molar-refractivity contribution < 1.29 is 9.84 Å². The van der Waals surface area contributed by atoms with Crippen LogP contribution < -0.4 is 10.1 Å². The molecule has 128 valence electrons. The van der Waals surface area contributed by atoms with Crippen LogP contribution in [0.5, 0.6) is 11.5 Å². The average molecular weight is 333 g/mol. The standard InChI is InChI=1S/C15H17NO2.C7H6/c1-12(16-11-13-7-3-2-4-8-13)18-15-10-6-5-9-14(15)17;1-2-7-4-3-6(1)5-7/h2-10,12,16-17H,11H2,1H3;1-4H,5H2. The molecular formula is C22H23NO2. The zero-order chi connectivity index (χ0) is 17.5. The van der Waals surface area contributed by atoms with Crippen molar-refractivity contribution in [2.45, 2.75) is 26.1 Å². The number of allylic oxidation sites excluding steroid dienone is 6. The van der Waals surface area contributed by atoms with Gasteiger partial charge in [0.1, 0.15) is 6.23 Å². The van der Waals surface area contributed by atoms with Gasteiger partial charge in [-0.05, 0) is 42.2 Å². The summed E-state index contributed by atoms with van der Waals surface area (Å²) in [6.07, 6.45) is 9.73. The van der Waals surface area contributed by atoms with E-state index in [4.69, 9.17) is 4.74 Å². The number of nitrogens with one attached hydrogen (secondary N) is 1. The van der Waals surface area contributed by atoms with Gasteiger partial charge in [-0.3, -0.25) is 5.32 Å². The molecule has 0 fully saturated rings. The van der Waals surface area contributed by atoms with Crippen molar-refractivity contribution in [3.63, 3.8) is 0 Å². The summed E-state index contributed by atoms with van der Waals surface area (Å²) in [5, 5.41) is 12.8. The molecule has 2 aromatic carbocycles. The summed E-state index contributed by atoms with van der Waals surface area (Å²) < 4.78 is 5.61. The fourth-order valence-electron chi connectivity index (χ4n) is 2.66. The van der Waals surface area contributed by atoms with Crippen LogP contribution in [0.25, 0.3) is 0 Å². The Morgan fingerprint density at radius 3 is 2.16 bits per heavy atom. The van der Waals surface area contributed by atoms with Gasteiger partial charge in [0, 0.05) is 6.54 Å². The minimum absolute atomic E-state index is 0.158. The highest BCUT2D eigenvalue weighted by Gasteiger charge is 2.08. The summed E-state index contributed by atoms with van der Waals surface area (Å²) in [5.74, 6) is 0.649. The first-order chi connectivity index (χ1) is 12.2. The van der Waals surface area contributed by atoms with Crippen LogP contribution in [0.1, 0.15) is 18.9 Å². The second-order valence-electron chi connectivity index (χ2n) is 6.09. The largest absolute Gasteiger partial charge is 0.504 e. The lowest BCUT2D eigenvalue weighted by Crippen LogP contribution is -2.30. The van der Waals surface area contributed by atoms with Gasteiger partial charge in [-0.2, -0.15) is 0 Å². The molecule has 0 aliphatic heterocycles. The van der Waals surface area contributed by atoms with E-state index in [0.29, 0.717) is 5.75 Å². The Morgan fingerprint density at radius 1 is 0.960 bits per heavy atom. The van der Waals surface area contributed by atoms with Crippen LogP contribution in [-0.2, 0) is 6.54 Å². The van der Waals surface area contributed by atoms with Crippen LogP contribution in [0.2, 0.25) is 0 Å². The van der Waals surface area contributed by atoms with E-state index in [1.807, 2.05) is 31.2 Å². The van der Waals surface area contributed by atoms with Crippen molar-refractivity contribution >= 4 is 0 Å². The summed E-state index contributed by atoms with van der Waals surface area (Å²) in [5.41, 5.74) is 4.13.